The maximum Gasteiger partial charge on any atom is 0.226 e. The van der Waals surface area contributed by atoms with E-state index in [4.69, 9.17) is 4.74 Å². The summed E-state index contributed by atoms with van der Waals surface area (Å²) < 4.78 is 19.9. The minimum atomic E-state index is -0.358. The van der Waals surface area contributed by atoms with E-state index >= 15 is 0 Å². The highest BCUT2D eigenvalue weighted by atomic mass is 19.1. The van der Waals surface area contributed by atoms with Gasteiger partial charge in [0.15, 0.2) is 0 Å². The fraction of sp³-hybridized carbons (Fsp3) is 0.417. The molecule has 0 radical (unpaired) electrons. The summed E-state index contributed by atoms with van der Waals surface area (Å²) in [6.45, 7) is 1.20. The van der Waals surface area contributed by atoms with Gasteiger partial charge in [-0.25, -0.2) is 4.39 Å². The van der Waals surface area contributed by atoms with Crippen LogP contribution >= 0.6 is 0 Å². The topological polar surface area (TPSA) is 58.6 Å². The number of piperidine rings is 1. The molecule has 2 aromatic rings. The first-order chi connectivity index (χ1) is 14.5. The predicted octanol–water partition coefficient (Wildman–Crippen LogP) is 3.43. The van der Waals surface area contributed by atoms with E-state index < -0.39 is 0 Å². The van der Waals surface area contributed by atoms with E-state index in [0.29, 0.717) is 25.1 Å². The predicted molar refractivity (Wildman–Crippen MR) is 112 cm³/mol. The van der Waals surface area contributed by atoms with Crippen LogP contribution in [-0.4, -0.2) is 42.5 Å². The molecular formula is C24H27FN2O3. The van der Waals surface area contributed by atoms with Gasteiger partial charge >= 0.3 is 0 Å². The summed E-state index contributed by atoms with van der Waals surface area (Å²) in [6.07, 6.45) is 2.85. The normalized spacial score (nSPS) is 19.7. The average Bonchev–Trinajstić information content (AvgIpc) is 2.74. The molecule has 5 nitrogen and oxygen atoms in total. The van der Waals surface area contributed by atoms with Gasteiger partial charge < -0.3 is 15.0 Å². The molecule has 0 aliphatic carbocycles. The molecule has 158 valence electrons. The lowest BCUT2D eigenvalue weighted by Crippen LogP contribution is -2.52. The van der Waals surface area contributed by atoms with Crippen LogP contribution in [0.2, 0.25) is 0 Å². The van der Waals surface area contributed by atoms with E-state index in [2.05, 4.69) is 5.32 Å². The van der Waals surface area contributed by atoms with Gasteiger partial charge in [-0.3, -0.25) is 9.59 Å². The van der Waals surface area contributed by atoms with Gasteiger partial charge in [-0.1, -0.05) is 30.3 Å². The Bertz CT molecular complexity index is 938. The number of likely N-dealkylation sites (tertiary alicyclic amines) is 1. The van der Waals surface area contributed by atoms with Crippen molar-refractivity contribution < 1.29 is 18.7 Å². The lowest BCUT2D eigenvalue weighted by Gasteiger charge is -2.47. The van der Waals surface area contributed by atoms with Crippen molar-refractivity contribution in [3.63, 3.8) is 0 Å². The molecule has 30 heavy (non-hydrogen) atoms. The van der Waals surface area contributed by atoms with Gasteiger partial charge in [0.05, 0.1) is 6.42 Å². The van der Waals surface area contributed by atoms with Gasteiger partial charge in [0.25, 0.3) is 0 Å². The third-order valence-electron chi connectivity index (χ3n) is 6.29. The first kappa shape index (κ1) is 20.4. The summed E-state index contributed by atoms with van der Waals surface area (Å²) in [5.74, 6) is 0.652. The maximum absolute atomic E-state index is 13.4. The molecule has 1 unspecified atom stereocenters. The maximum atomic E-state index is 13.4. The fourth-order valence-electron chi connectivity index (χ4n) is 4.66. The number of fused-ring (bicyclic) bond motifs is 1. The lowest BCUT2D eigenvalue weighted by atomic mass is 9.76. The summed E-state index contributed by atoms with van der Waals surface area (Å²) in [5, 5.41) is 2.72. The molecule has 0 bridgehead atoms. The second-order valence-corrected chi connectivity index (χ2v) is 8.29. The molecule has 1 spiro atoms. The molecule has 2 heterocycles. The number of rotatable bonds is 4. The number of hydrogen-bond donors (Lipinski definition) is 1. The van der Waals surface area contributed by atoms with Crippen LogP contribution in [0, 0.1) is 5.82 Å². The van der Waals surface area contributed by atoms with E-state index in [1.54, 1.807) is 19.2 Å². The van der Waals surface area contributed by atoms with Crippen LogP contribution in [0.15, 0.2) is 48.5 Å². The summed E-state index contributed by atoms with van der Waals surface area (Å²) in [6, 6.07) is 14.1. The van der Waals surface area contributed by atoms with Gasteiger partial charge in [0.2, 0.25) is 11.8 Å². The zero-order valence-electron chi connectivity index (χ0n) is 17.2. The van der Waals surface area contributed by atoms with Gasteiger partial charge in [-0.15, -0.1) is 0 Å². The van der Waals surface area contributed by atoms with Gasteiger partial charge in [-0.2, -0.15) is 0 Å². The molecule has 0 aromatic heterocycles. The minimum absolute atomic E-state index is 0.00794. The monoisotopic (exact) mass is 410 g/mol. The number of carbonyl (C=O) groups is 2. The highest BCUT2D eigenvalue weighted by Gasteiger charge is 2.44. The second-order valence-electron chi connectivity index (χ2n) is 8.29. The molecule has 2 amide bonds. The van der Waals surface area contributed by atoms with Crippen LogP contribution in [0.25, 0.3) is 0 Å². The smallest absolute Gasteiger partial charge is 0.226 e. The quantitative estimate of drug-likeness (QED) is 0.840. The number of para-hydroxylation sites is 1. The van der Waals surface area contributed by atoms with Crippen LogP contribution in [0.4, 0.5) is 4.39 Å². The standard InChI is InChI=1S/C24H27FN2O3/c1-26-22(28)15-18-16-24(30-21-8-3-2-7-20(18)21)9-11-27(12-10-24)23(29)14-17-5-4-6-19(25)13-17/h2-8,13,18H,9-12,14-16H2,1H3,(H,26,28). The van der Waals surface area contributed by atoms with Gasteiger partial charge in [0, 0.05) is 45.3 Å². The summed E-state index contributed by atoms with van der Waals surface area (Å²) in [4.78, 5) is 26.6. The van der Waals surface area contributed by atoms with Crippen molar-refractivity contribution in [3.05, 3.63) is 65.5 Å². The highest BCUT2D eigenvalue weighted by Crippen LogP contribution is 2.46. The zero-order chi connectivity index (χ0) is 21.1. The minimum Gasteiger partial charge on any atom is -0.487 e. The van der Waals surface area contributed by atoms with E-state index in [9.17, 15) is 14.0 Å². The van der Waals surface area contributed by atoms with Crippen molar-refractivity contribution in [2.45, 2.75) is 43.6 Å². The van der Waals surface area contributed by atoms with Gasteiger partial charge in [-0.05, 0) is 35.7 Å². The number of nitrogens with one attached hydrogen (secondary N) is 1. The number of hydrogen-bond acceptors (Lipinski definition) is 3. The lowest BCUT2D eigenvalue weighted by molar-refractivity contribution is -0.134. The third-order valence-corrected chi connectivity index (χ3v) is 6.29. The van der Waals surface area contributed by atoms with Crippen molar-refractivity contribution in [2.75, 3.05) is 20.1 Å². The van der Waals surface area contributed by atoms with Crippen molar-refractivity contribution in [1.82, 2.24) is 10.2 Å². The number of halogens is 1. The van der Waals surface area contributed by atoms with Crippen molar-refractivity contribution in [2.24, 2.45) is 0 Å². The van der Waals surface area contributed by atoms with Crippen LogP contribution in [0.5, 0.6) is 5.75 Å². The summed E-state index contributed by atoms with van der Waals surface area (Å²) in [5.41, 5.74) is 1.41. The Hall–Kier alpha value is -2.89. The number of carbonyl (C=O) groups excluding carboxylic acids is 2. The molecule has 6 heteroatoms. The molecule has 1 fully saturated rings. The van der Waals surface area contributed by atoms with E-state index in [1.807, 2.05) is 29.2 Å². The molecule has 2 aliphatic rings. The largest absolute Gasteiger partial charge is 0.487 e. The van der Waals surface area contributed by atoms with E-state index in [0.717, 1.165) is 30.6 Å². The Morgan fingerprint density at radius 2 is 1.93 bits per heavy atom. The Balaban J connectivity index is 1.44. The van der Waals surface area contributed by atoms with E-state index in [1.165, 1.54) is 12.1 Å². The molecule has 2 aromatic carbocycles. The molecule has 2 aliphatic heterocycles. The Morgan fingerprint density at radius 1 is 1.17 bits per heavy atom. The highest BCUT2D eigenvalue weighted by molar-refractivity contribution is 5.79. The number of amides is 2. The number of nitrogens with zero attached hydrogens (tertiary/aromatic N) is 1. The summed E-state index contributed by atoms with van der Waals surface area (Å²) >= 11 is 0. The Labute approximate surface area is 176 Å². The number of ether oxygens (including phenoxy) is 1. The SMILES string of the molecule is CNC(=O)CC1CC2(CCN(C(=O)Cc3cccc(F)c3)CC2)Oc2ccccc21. The Kier molecular flexibility index (Phi) is 5.75. The zero-order valence-corrected chi connectivity index (χ0v) is 17.2. The Morgan fingerprint density at radius 3 is 2.67 bits per heavy atom. The summed E-state index contributed by atoms with van der Waals surface area (Å²) in [7, 11) is 1.66. The van der Waals surface area contributed by atoms with E-state index in [-0.39, 0.29) is 35.6 Å². The third kappa shape index (κ3) is 4.32. The van der Waals surface area contributed by atoms with Crippen LogP contribution < -0.4 is 10.1 Å². The van der Waals surface area contributed by atoms with Crippen molar-refractivity contribution in [1.29, 1.82) is 0 Å². The molecule has 1 N–H and O–H groups in total. The second kappa shape index (κ2) is 8.46. The fourth-order valence-corrected chi connectivity index (χ4v) is 4.66. The molecular weight excluding hydrogens is 383 g/mol. The van der Waals surface area contributed by atoms with Crippen molar-refractivity contribution >= 4 is 11.8 Å². The molecule has 4 rings (SSSR count). The van der Waals surface area contributed by atoms with Crippen LogP contribution in [-0.2, 0) is 16.0 Å². The number of benzene rings is 2. The van der Waals surface area contributed by atoms with Gasteiger partial charge in [0.1, 0.15) is 17.2 Å². The first-order valence-corrected chi connectivity index (χ1v) is 10.5. The molecule has 1 saturated heterocycles. The van der Waals surface area contributed by atoms with Crippen LogP contribution in [0.3, 0.4) is 0 Å². The molecule has 0 saturated carbocycles. The first-order valence-electron chi connectivity index (χ1n) is 10.5. The molecule has 1 atom stereocenters. The van der Waals surface area contributed by atoms with Crippen LogP contribution in [0.1, 0.15) is 42.7 Å². The average molecular weight is 410 g/mol. The van der Waals surface area contributed by atoms with Crippen molar-refractivity contribution in [3.8, 4) is 5.75 Å².